The van der Waals surface area contributed by atoms with Crippen LogP contribution in [0.1, 0.15) is 15.9 Å². The van der Waals surface area contributed by atoms with Gasteiger partial charge in [-0.05, 0) is 19.1 Å². The van der Waals surface area contributed by atoms with Crippen LogP contribution in [-0.4, -0.2) is 11.5 Å². The Bertz CT molecular complexity index is 317. The summed E-state index contributed by atoms with van der Waals surface area (Å²) >= 11 is 1.64. The summed E-state index contributed by atoms with van der Waals surface area (Å²) < 4.78 is 0. The van der Waals surface area contributed by atoms with E-state index in [2.05, 4.69) is 0 Å². The molecule has 1 nitrogen and oxygen atoms in total. The van der Waals surface area contributed by atoms with Crippen LogP contribution in [0.25, 0.3) is 0 Å². The van der Waals surface area contributed by atoms with Gasteiger partial charge >= 0.3 is 0 Å². The maximum Gasteiger partial charge on any atom is 0.174 e. The molecule has 0 N–H and O–H groups in total. The number of hydrogen-bond donors (Lipinski definition) is 0. The minimum absolute atomic E-state index is 0.272. The van der Waals surface area contributed by atoms with E-state index in [4.69, 9.17) is 0 Å². The fraction of sp³-hybridized carbons (Fsp3) is 0.222. The fourth-order valence-electron chi connectivity index (χ4n) is 1.21. The Kier molecular flexibility index (Phi) is 1.50. The number of benzene rings is 1. The number of fused-ring (bicyclic) bond motifs is 1. The first kappa shape index (κ1) is 6.92. The minimum atomic E-state index is 0.272. The van der Waals surface area contributed by atoms with Gasteiger partial charge in [-0.1, -0.05) is 11.6 Å². The number of rotatable bonds is 0. The molecule has 1 heterocycles. The standard InChI is InChI=1S/C9H8OS/c1-6-2-3-9-7(4-6)8(10)5-11-9/h2-4H,5H2,1H3. The molecule has 0 fully saturated rings. The zero-order chi connectivity index (χ0) is 7.84. The SMILES string of the molecule is Cc1ccc2c(c1)C(=O)CS2. The van der Waals surface area contributed by atoms with E-state index in [0.29, 0.717) is 5.75 Å². The minimum Gasteiger partial charge on any atom is -0.293 e. The lowest BCUT2D eigenvalue weighted by molar-refractivity contribution is 0.102. The highest BCUT2D eigenvalue weighted by Crippen LogP contribution is 2.31. The van der Waals surface area contributed by atoms with Gasteiger partial charge in [-0.2, -0.15) is 0 Å². The maximum atomic E-state index is 11.2. The highest BCUT2D eigenvalue weighted by molar-refractivity contribution is 8.00. The van der Waals surface area contributed by atoms with E-state index < -0.39 is 0 Å². The average molecular weight is 164 g/mol. The summed E-state index contributed by atoms with van der Waals surface area (Å²) in [6.07, 6.45) is 0. The molecule has 1 aromatic carbocycles. The van der Waals surface area contributed by atoms with Crippen LogP contribution in [-0.2, 0) is 0 Å². The van der Waals surface area contributed by atoms with Crippen LogP contribution < -0.4 is 0 Å². The van der Waals surface area contributed by atoms with Crippen LogP contribution in [0.4, 0.5) is 0 Å². The molecule has 0 saturated heterocycles. The summed E-state index contributed by atoms with van der Waals surface area (Å²) in [4.78, 5) is 12.3. The number of thioether (sulfide) groups is 1. The number of carbonyl (C=O) groups is 1. The van der Waals surface area contributed by atoms with Crippen LogP contribution in [0.3, 0.4) is 0 Å². The number of carbonyl (C=O) groups excluding carboxylic acids is 1. The van der Waals surface area contributed by atoms with E-state index in [-0.39, 0.29) is 5.78 Å². The lowest BCUT2D eigenvalue weighted by atomic mass is 10.1. The van der Waals surface area contributed by atoms with Gasteiger partial charge in [0.2, 0.25) is 0 Å². The van der Waals surface area contributed by atoms with E-state index in [0.717, 1.165) is 10.5 Å². The van der Waals surface area contributed by atoms with Gasteiger partial charge in [-0.25, -0.2) is 0 Å². The molecular formula is C9H8OS. The second-order valence-corrected chi connectivity index (χ2v) is 3.73. The van der Waals surface area contributed by atoms with Crippen LogP contribution in [0, 0.1) is 6.92 Å². The Morgan fingerprint density at radius 2 is 2.27 bits per heavy atom. The Balaban J connectivity index is 2.60. The zero-order valence-corrected chi connectivity index (χ0v) is 7.07. The maximum absolute atomic E-state index is 11.2. The average Bonchev–Trinajstić information content (AvgIpc) is 2.33. The van der Waals surface area contributed by atoms with Gasteiger partial charge in [0, 0.05) is 10.5 Å². The van der Waals surface area contributed by atoms with E-state index in [9.17, 15) is 4.79 Å². The molecule has 2 rings (SSSR count). The van der Waals surface area contributed by atoms with Gasteiger partial charge < -0.3 is 0 Å². The van der Waals surface area contributed by atoms with E-state index in [1.165, 1.54) is 5.56 Å². The lowest BCUT2D eigenvalue weighted by Crippen LogP contribution is -1.94. The molecule has 11 heavy (non-hydrogen) atoms. The van der Waals surface area contributed by atoms with Crippen LogP contribution in [0.15, 0.2) is 23.1 Å². The first-order valence-corrected chi connectivity index (χ1v) is 4.52. The van der Waals surface area contributed by atoms with Gasteiger partial charge in [0.15, 0.2) is 5.78 Å². The fourth-order valence-corrected chi connectivity index (χ4v) is 2.14. The first-order chi connectivity index (χ1) is 5.27. The molecular weight excluding hydrogens is 156 g/mol. The van der Waals surface area contributed by atoms with Crippen molar-refractivity contribution >= 4 is 17.5 Å². The number of aryl methyl sites for hydroxylation is 1. The summed E-state index contributed by atoms with van der Waals surface area (Å²) in [5.74, 6) is 0.896. The Labute approximate surface area is 69.8 Å². The molecule has 0 amide bonds. The summed E-state index contributed by atoms with van der Waals surface area (Å²) in [5.41, 5.74) is 2.08. The molecule has 2 heteroatoms. The Hall–Kier alpha value is -0.760. The molecule has 0 radical (unpaired) electrons. The molecule has 56 valence electrons. The number of hydrogen-bond acceptors (Lipinski definition) is 2. The third-order valence-electron chi connectivity index (χ3n) is 1.79. The van der Waals surface area contributed by atoms with Crippen LogP contribution in [0.2, 0.25) is 0 Å². The topological polar surface area (TPSA) is 17.1 Å². The second-order valence-electron chi connectivity index (χ2n) is 2.71. The largest absolute Gasteiger partial charge is 0.293 e. The molecule has 0 bridgehead atoms. The summed E-state index contributed by atoms with van der Waals surface area (Å²) in [6, 6.07) is 6.04. The Morgan fingerprint density at radius 1 is 1.45 bits per heavy atom. The van der Waals surface area contributed by atoms with E-state index in [1.807, 2.05) is 25.1 Å². The quantitative estimate of drug-likeness (QED) is 0.585. The highest BCUT2D eigenvalue weighted by Gasteiger charge is 2.19. The first-order valence-electron chi connectivity index (χ1n) is 3.54. The van der Waals surface area contributed by atoms with Crippen molar-refractivity contribution < 1.29 is 4.79 Å². The van der Waals surface area contributed by atoms with Crippen molar-refractivity contribution in [2.45, 2.75) is 11.8 Å². The van der Waals surface area contributed by atoms with Gasteiger partial charge in [-0.15, -0.1) is 11.8 Å². The molecule has 0 atom stereocenters. The van der Waals surface area contributed by atoms with Crippen molar-refractivity contribution in [2.24, 2.45) is 0 Å². The van der Waals surface area contributed by atoms with Crippen molar-refractivity contribution in [1.29, 1.82) is 0 Å². The van der Waals surface area contributed by atoms with Crippen molar-refractivity contribution in [2.75, 3.05) is 5.75 Å². The summed E-state index contributed by atoms with van der Waals surface area (Å²) in [5, 5.41) is 0. The molecule has 0 aromatic heterocycles. The summed E-state index contributed by atoms with van der Waals surface area (Å²) in [7, 11) is 0. The molecule has 0 aliphatic carbocycles. The van der Waals surface area contributed by atoms with Crippen molar-refractivity contribution in [3.05, 3.63) is 29.3 Å². The lowest BCUT2D eigenvalue weighted by Gasteiger charge is -1.96. The van der Waals surface area contributed by atoms with E-state index >= 15 is 0 Å². The number of ketones is 1. The van der Waals surface area contributed by atoms with Gasteiger partial charge in [0.25, 0.3) is 0 Å². The van der Waals surface area contributed by atoms with Gasteiger partial charge in [0.05, 0.1) is 5.75 Å². The molecule has 0 unspecified atom stereocenters. The predicted octanol–water partition coefficient (Wildman–Crippen LogP) is 2.28. The molecule has 0 saturated carbocycles. The smallest absolute Gasteiger partial charge is 0.174 e. The van der Waals surface area contributed by atoms with Crippen molar-refractivity contribution in [3.63, 3.8) is 0 Å². The van der Waals surface area contributed by atoms with Crippen LogP contribution in [0.5, 0.6) is 0 Å². The summed E-state index contributed by atoms with van der Waals surface area (Å²) in [6.45, 7) is 2.01. The highest BCUT2D eigenvalue weighted by atomic mass is 32.2. The van der Waals surface area contributed by atoms with E-state index in [1.54, 1.807) is 11.8 Å². The third-order valence-corrected chi connectivity index (χ3v) is 2.87. The predicted molar refractivity (Wildman–Crippen MR) is 46.2 cm³/mol. The van der Waals surface area contributed by atoms with Crippen LogP contribution >= 0.6 is 11.8 Å². The molecule has 1 aliphatic heterocycles. The van der Waals surface area contributed by atoms with Crippen molar-refractivity contribution in [1.82, 2.24) is 0 Å². The van der Waals surface area contributed by atoms with Gasteiger partial charge in [0.1, 0.15) is 0 Å². The third kappa shape index (κ3) is 1.07. The molecule has 1 aromatic rings. The normalized spacial score (nSPS) is 15.2. The number of Topliss-reactive ketones (excluding diaryl/α,β-unsaturated/α-hetero) is 1. The zero-order valence-electron chi connectivity index (χ0n) is 6.26. The molecule has 0 spiro atoms. The Morgan fingerprint density at radius 3 is 3.09 bits per heavy atom. The second kappa shape index (κ2) is 2.38. The monoisotopic (exact) mass is 164 g/mol. The van der Waals surface area contributed by atoms with Gasteiger partial charge in [-0.3, -0.25) is 4.79 Å². The molecule has 1 aliphatic rings. The van der Waals surface area contributed by atoms with Crippen molar-refractivity contribution in [3.8, 4) is 0 Å².